The van der Waals surface area contributed by atoms with E-state index < -0.39 is 0 Å². The number of amides is 1. The van der Waals surface area contributed by atoms with Crippen molar-refractivity contribution in [2.75, 3.05) is 12.3 Å². The van der Waals surface area contributed by atoms with Crippen LogP contribution in [-0.2, 0) is 9.59 Å². The first-order valence-electron chi connectivity index (χ1n) is 7.34. The number of ketones is 1. The number of hydrogen-bond acceptors (Lipinski definition) is 3. The third-order valence-electron chi connectivity index (χ3n) is 4.22. The summed E-state index contributed by atoms with van der Waals surface area (Å²) in [4.78, 5) is 26.0. The Bertz CT molecular complexity index is 536. The van der Waals surface area contributed by atoms with Gasteiger partial charge in [-0.1, -0.05) is 23.7 Å². The molecule has 0 aromatic heterocycles. The van der Waals surface area contributed by atoms with Crippen molar-refractivity contribution in [2.24, 2.45) is 5.92 Å². The molecule has 2 fully saturated rings. The monoisotopic (exact) mass is 323 g/mol. The lowest BCUT2D eigenvalue weighted by Gasteiger charge is -2.30. The molecule has 1 aromatic carbocycles. The van der Waals surface area contributed by atoms with Crippen LogP contribution in [0.15, 0.2) is 24.3 Å². The summed E-state index contributed by atoms with van der Waals surface area (Å²) in [7, 11) is 0. The predicted molar refractivity (Wildman–Crippen MR) is 85.3 cm³/mol. The fourth-order valence-electron chi connectivity index (χ4n) is 3.02. The van der Waals surface area contributed by atoms with Gasteiger partial charge in [-0.15, -0.1) is 11.8 Å². The second-order valence-electron chi connectivity index (χ2n) is 5.62. The first-order chi connectivity index (χ1) is 10.1. The summed E-state index contributed by atoms with van der Waals surface area (Å²) >= 11 is 7.73. The van der Waals surface area contributed by atoms with Gasteiger partial charge in [0.1, 0.15) is 11.2 Å². The number of rotatable bonds is 2. The van der Waals surface area contributed by atoms with E-state index in [0.29, 0.717) is 36.5 Å². The minimum atomic E-state index is 0.0243. The van der Waals surface area contributed by atoms with Crippen LogP contribution in [0.2, 0.25) is 5.02 Å². The average molecular weight is 324 g/mol. The number of carbonyl (C=O) groups is 2. The van der Waals surface area contributed by atoms with E-state index in [1.54, 1.807) is 11.8 Å². The summed E-state index contributed by atoms with van der Waals surface area (Å²) in [5.41, 5.74) is 1.13. The zero-order valence-corrected chi connectivity index (χ0v) is 13.3. The van der Waals surface area contributed by atoms with E-state index in [0.717, 1.165) is 17.9 Å². The molecule has 1 aliphatic carbocycles. The standard InChI is InChI=1S/C16H18ClNO2S/c17-13-5-1-12(2-6-13)16-18(9-10-21-16)15(20)11-3-7-14(19)8-4-11/h1-2,5-6,11,16H,3-4,7-10H2. The van der Waals surface area contributed by atoms with E-state index in [4.69, 9.17) is 11.6 Å². The second kappa shape index (κ2) is 6.41. The minimum Gasteiger partial charge on any atom is -0.325 e. The lowest BCUT2D eigenvalue weighted by molar-refractivity contribution is -0.137. The molecule has 1 aromatic rings. The zero-order chi connectivity index (χ0) is 14.8. The summed E-state index contributed by atoms with van der Waals surface area (Å²) in [5.74, 6) is 1.50. The van der Waals surface area contributed by atoms with Gasteiger partial charge in [-0.05, 0) is 30.5 Å². The zero-order valence-electron chi connectivity index (χ0n) is 11.8. The highest BCUT2D eigenvalue weighted by atomic mass is 35.5. The third-order valence-corrected chi connectivity index (χ3v) is 5.73. The Kier molecular flexibility index (Phi) is 4.55. The normalized spacial score (nSPS) is 23.6. The van der Waals surface area contributed by atoms with Gasteiger partial charge in [0.15, 0.2) is 0 Å². The SMILES string of the molecule is O=C1CCC(C(=O)N2CCSC2c2ccc(Cl)cc2)CC1. The average Bonchev–Trinajstić information content (AvgIpc) is 2.97. The number of Topliss-reactive ketones (excluding diaryl/α,β-unsaturated/α-hetero) is 1. The van der Waals surface area contributed by atoms with Gasteiger partial charge < -0.3 is 4.90 Å². The smallest absolute Gasteiger partial charge is 0.226 e. The summed E-state index contributed by atoms with van der Waals surface area (Å²) < 4.78 is 0. The quantitative estimate of drug-likeness (QED) is 0.833. The molecule has 0 N–H and O–H groups in total. The van der Waals surface area contributed by atoms with E-state index in [1.165, 1.54) is 0 Å². The minimum absolute atomic E-state index is 0.0243. The molecule has 3 rings (SSSR count). The molecule has 0 bridgehead atoms. The van der Waals surface area contributed by atoms with E-state index in [1.807, 2.05) is 29.2 Å². The van der Waals surface area contributed by atoms with Gasteiger partial charge in [0, 0.05) is 36.1 Å². The Morgan fingerprint density at radius 3 is 2.52 bits per heavy atom. The lowest BCUT2D eigenvalue weighted by Crippen LogP contribution is -2.37. The van der Waals surface area contributed by atoms with E-state index in [9.17, 15) is 9.59 Å². The summed E-state index contributed by atoms with van der Waals surface area (Å²) in [5, 5.41) is 0.804. The maximum atomic E-state index is 12.7. The van der Waals surface area contributed by atoms with Crippen molar-refractivity contribution in [1.82, 2.24) is 4.90 Å². The van der Waals surface area contributed by atoms with Crippen LogP contribution in [0.1, 0.15) is 36.6 Å². The molecular formula is C16H18ClNO2S. The highest BCUT2D eigenvalue weighted by Gasteiger charge is 2.35. The van der Waals surface area contributed by atoms with E-state index in [2.05, 4.69) is 0 Å². The van der Waals surface area contributed by atoms with E-state index >= 15 is 0 Å². The number of halogens is 1. The fraction of sp³-hybridized carbons (Fsp3) is 0.500. The van der Waals surface area contributed by atoms with E-state index in [-0.39, 0.29) is 17.2 Å². The summed E-state index contributed by atoms with van der Waals surface area (Å²) in [6, 6.07) is 7.74. The molecule has 1 unspecified atom stereocenters. The first kappa shape index (κ1) is 14.9. The summed E-state index contributed by atoms with van der Waals surface area (Å²) in [6.45, 7) is 0.793. The van der Waals surface area contributed by atoms with Gasteiger partial charge in [-0.25, -0.2) is 0 Å². The largest absolute Gasteiger partial charge is 0.325 e. The molecule has 2 aliphatic rings. The molecule has 3 nitrogen and oxygen atoms in total. The topological polar surface area (TPSA) is 37.4 Å². The highest BCUT2D eigenvalue weighted by Crippen LogP contribution is 2.40. The van der Waals surface area contributed by atoms with Crippen LogP contribution in [0.5, 0.6) is 0 Å². The Morgan fingerprint density at radius 2 is 1.86 bits per heavy atom. The number of nitrogens with zero attached hydrogens (tertiary/aromatic N) is 1. The van der Waals surface area contributed by atoms with Crippen molar-refractivity contribution >= 4 is 35.1 Å². The maximum Gasteiger partial charge on any atom is 0.226 e. The molecule has 1 saturated carbocycles. The van der Waals surface area contributed by atoms with Crippen molar-refractivity contribution in [1.29, 1.82) is 0 Å². The number of carbonyl (C=O) groups excluding carboxylic acids is 2. The lowest BCUT2D eigenvalue weighted by atomic mass is 9.87. The molecule has 112 valence electrons. The van der Waals surface area contributed by atoms with Crippen LogP contribution in [0.4, 0.5) is 0 Å². The van der Waals surface area contributed by atoms with Gasteiger partial charge in [-0.2, -0.15) is 0 Å². The van der Waals surface area contributed by atoms with Gasteiger partial charge in [0.25, 0.3) is 0 Å². The van der Waals surface area contributed by atoms with Crippen molar-refractivity contribution in [3.8, 4) is 0 Å². The van der Waals surface area contributed by atoms with Crippen LogP contribution < -0.4 is 0 Å². The maximum absolute atomic E-state index is 12.7. The predicted octanol–water partition coefficient (Wildman–Crippen LogP) is 3.67. The Morgan fingerprint density at radius 1 is 1.19 bits per heavy atom. The van der Waals surface area contributed by atoms with Gasteiger partial charge in [-0.3, -0.25) is 9.59 Å². The van der Waals surface area contributed by atoms with Crippen molar-refractivity contribution < 1.29 is 9.59 Å². The van der Waals surface area contributed by atoms with Crippen LogP contribution in [-0.4, -0.2) is 28.9 Å². The van der Waals surface area contributed by atoms with Crippen molar-refractivity contribution in [2.45, 2.75) is 31.1 Å². The van der Waals surface area contributed by atoms with Gasteiger partial charge >= 0.3 is 0 Å². The molecule has 21 heavy (non-hydrogen) atoms. The van der Waals surface area contributed by atoms with Crippen molar-refractivity contribution in [3.05, 3.63) is 34.9 Å². The summed E-state index contributed by atoms with van der Waals surface area (Å²) in [6.07, 6.45) is 2.55. The molecule has 1 atom stereocenters. The molecule has 1 amide bonds. The Balaban J connectivity index is 1.73. The Hall–Kier alpha value is -1.00. The fourth-order valence-corrected chi connectivity index (χ4v) is 4.41. The van der Waals surface area contributed by atoms with Crippen LogP contribution >= 0.6 is 23.4 Å². The molecule has 5 heteroatoms. The van der Waals surface area contributed by atoms with Crippen LogP contribution in [0, 0.1) is 5.92 Å². The second-order valence-corrected chi connectivity index (χ2v) is 7.24. The molecular weight excluding hydrogens is 306 g/mol. The number of benzene rings is 1. The molecule has 1 aliphatic heterocycles. The van der Waals surface area contributed by atoms with Crippen LogP contribution in [0.3, 0.4) is 0 Å². The van der Waals surface area contributed by atoms with Gasteiger partial charge in [0.05, 0.1) is 0 Å². The number of thioether (sulfide) groups is 1. The first-order valence-corrected chi connectivity index (χ1v) is 8.77. The van der Waals surface area contributed by atoms with Gasteiger partial charge in [0.2, 0.25) is 5.91 Å². The third kappa shape index (κ3) is 3.27. The molecule has 0 radical (unpaired) electrons. The highest BCUT2D eigenvalue weighted by molar-refractivity contribution is 7.99. The van der Waals surface area contributed by atoms with Crippen molar-refractivity contribution in [3.63, 3.8) is 0 Å². The Labute approximate surface area is 134 Å². The molecule has 1 heterocycles. The number of hydrogen-bond donors (Lipinski definition) is 0. The van der Waals surface area contributed by atoms with Crippen LogP contribution in [0.25, 0.3) is 0 Å². The molecule has 0 spiro atoms. The molecule has 1 saturated heterocycles.